The predicted molar refractivity (Wildman–Crippen MR) is 80.3 cm³/mol. The van der Waals surface area contributed by atoms with E-state index in [-0.39, 0.29) is 23.9 Å². The van der Waals surface area contributed by atoms with Crippen molar-refractivity contribution in [3.05, 3.63) is 35.6 Å². The van der Waals surface area contributed by atoms with Crippen molar-refractivity contribution in [2.75, 3.05) is 6.61 Å². The molecule has 4 atom stereocenters. The van der Waals surface area contributed by atoms with Crippen LogP contribution in [0.4, 0.5) is 4.39 Å². The van der Waals surface area contributed by atoms with Crippen molar-refractivity contribution in [1.82, 2.24) is 0 Å². The SMILES string of the molecule is CC1(C)C2CCC1(C)C(OCC(O)c1ccccc1F)C2. The number of aliphatic hydroxyl groups is 1. The standard InChI is InChI=1S/C18H25FO2/c1-17(2)12-8-9-18(17,3)16(10-12)21-11-15(20)13-6-4-5-7-14(13)19/h4-7,12,15-16,20H,8-11H2,1-3H3. The summed E-state index contributed by atoms with van der Waals surface area (Å²) in [7, 11) is 0. The summed E-state index contributed by atoms with van der Waals surface area (Å²) in [6, 6.07) is 6.37. The van der Waals surface area contributed by atoms with Crippen molar-refractivity contribution in [1.29, 1.82) is 0 Å². The third-order valence-corrected chi connectivity index (χ3v) is 6.43. The van der Waals surface area contributed by atoms with Crippen molar-refractivity contribution in [2.24, 2.45) is 16.7 Å². The Balaban J connectivity index is 1.66. The van der Waals surface area contributed by atoms with Crippen LogP contribution >= 0.6 is 0 Å². The fraction of sp³-hybridized carbons (Fsp3) is 0.667. The second-order valence-corrected chi connectivity index (χ2v) is 7.47. The van der Waals surface area contributed by atoms with Crippen molar-refractivity contribution in [3.63, 3.8) is 0 Å². The number of benzene rings is 1. The van der Waals surface area contributed by atoms with E-state index in [0.717, 1.165) is 6.42 Å². The molecule has 21 heavy (non-hydrogen) atoms. The fourth-order valence-corrected chi connectivity index (χ4v) is 4.42. The van der Waals surface area contributed by atoms with Crippen LogP contribution in [0.1, 0.15) is 51.7 Å². The minimum Gasteiger partial charge on any atom is -0.386 e. The van der Waals surface area contributed by atoms with E-state index in [2.05, 4.69) is 20.8 Å². The Labute approximate surface area is 126 Å². The molecule has 1 aromatic carbocycles. The van der Waals surface area contributed by atoms with E-state index in [1.165, 1.54) is 18.9 Å². The van der Waals surface area contributed by atoms with E-state index in [1.54, 1.807) is 18.2 Å². The van der Waals surface area contributed by atoms with Gasteiger partial charge in [-0.15, -0.1) is 0 Å². The van der Waals surface area contributed by atoms with Gasteiger partial charge in [0.1, 0.15) is 11.9 Å². The lowest BCUT2D eigenvalue weighted by atomic mass is 9.70. The second kappa shape index (κ2) is 5.06. The predicted octanol–water partition coefficient (Wildman–Crippen LogP) is 4.09. The number of hydrogen-bond donors (Lipinski definition) is 1. The highest BCUT2D eigenvalue weighted by molar-refractivity contribution is 5.20. The van der Waals surface area contributed by atoms with Crippen LogP contribution in [0.2, 0.25) is 0 Å². The Morgan fingerprint density at radius 1 is 1.33 bits per heavy atom. The molecule has 0 aromatic heterocycles. The summed E-state index contributed by atoms with van der Waals surface area (Å²) in [5.74, 6) is 0.339. The van der Waals surface area contributed by atoms with Crippen molar-refractivity contribution < 1.29 is 14.2 Å². The molecular formula is C18H25FO2. The summed E-state index contributed by atoms with van der Waals surface area (Å²) in [6.45, 7) is 7.15. The molecule has 1 N–H and O–H groups in total. The van der Waals surface area contributed by atoms with E-state index >= 15 is 0 Å². The molecule has 0 spiro atoms. The molecule has 0 radical (unpaired) electrons. The molecule has 1 aromatic rings. The highest BCUT2D eigenvalue weighted by Crippen LogP contribution is 2.66. The van der Waals surface area contributed by atoms with Gasteiger partial charge < -0.3 is 9.84 Å². The van der Waals surface area contributed by atoms with Crippen molar-refractivity contribution in [3.8, 4) is 0 Å². The zero-order valence-electron chi connectivity index (χ0n) is 13.1. The zero-order valence-corrected chi connectivity index (χ0v) is 13.1. The van der Waals surface area contributed by atoms with Gasteiger partial charge in [0.25, 0.3) is 0 Å². The quantitative estimate of drug-likeness (QED) is 0.905. The Morgan fingerprint density at radius 2 is 2.05 bits per heavy atom. The minimum atomic E-state index is -0.892. The number of ether oxygens (including phenoxy) is 1. The summed E-state index contributed by atoms with van der Waals surface area (Å²) < 4.78 is 19.7. The van der Waals surface area contributed by atoms with Crippen LogP contribution in [-0.2, 0) is 4.74 Å². The monoisotopic (exact) mass is 292 g/mol. The van der Waals surface area contributed by atoms with Crippen LogP contribution in [0, 0.1) is 22.6 Å². The summed E-state index contributed by atoms with van der Waals surface area (Å²) in [5.41, 5.74) is 0.790. The van der Waals surface area contributed by atoms with Crippen LogP contribution in [0.25, 0.3) is 0 Å². The third kappa shape index (κ3) is 2.22. The van der Waals surface area contributed by atoms with E-state index in [1.807, 2.05) is 0 Å². The van der Waals surface area contributed by atoms with Crippen LogP contribution in [-0.4, -0.2) is 17.8 Å². The van der Waals surface area contributed by atoms with E-state index in [0.29, 0.717) is 16.9 Å². The van der Waals surface area contributed by atoms with Crippen molar-refractivity contribution >= 4 is 0 Å². The van der Waals surface area contributed by atoms with Gasteiger partial charge in [0, 0.05) is 5.56 Å². The Morgan fingerprint density at radius 3 is 2.62 bits per heavy atom. The molecule has 2 aliphatic rings. The summed E-state index contributed by atoms with van der Waals surface area (Å²) >= 11 is 0. The molecule has 3 rings (SSSR count). The Bertz CT molecular complexity index is 528. The highest BCUT2D eigenvalue weighted by atomic mass is 19.1. The van der Waals surface area contributed by atoms with Gasteiger partial charge in [0.2, 0.25) is 0 Å². The van der Waals surface area contributed by atoms with E-state index in [9.17, 15) is 9.50 Å². The minimum absolute atomic E-state index is 0.171. The lowest BCUT2D eigenvalue weighted by molar-refractivity contribution is -0.0761. The van der Waals surface area contributed by atoms with Crippen LogP contribution < -0.4 is 0 Å². The van der Waals surface area contributed by atoms with Crippen molar-refractivity contribution in [2.45, 2.75) is 52.2 Å². The fourth-order valence-electron chi connectivity index (χ4n) is 4.42. The smallest absolute Gasteiger partial charge is 0.129 e. The first kappa shape index (κ1) is 15.0. The average molecular weight is 292 g/mol. The van der Waals surface area contributed by atoms with Gasteiger partial charge in [0.05, 0.1) is 12.7 Å². The molecule has 4 unspecified atom stereocenters. The lowest BCUT2D eigenvalue weighted by Gasteiger charge is -2.39. The number of hydrogen-bond acceptors (Lipinski definition) is 2. The molecule has 0 amide bonds. The van der Waals surface area contributed by atoms with Crippen LogP contribution in [0.15, 0.2) is 24.3 Å². The first-order valence-corrected chi connectivity index (χ1v) is 7.90. The molecule has 2 fully saturated rings. The summed E-state index contributed by atoms with van der Waals surface area (Å²) in [5, 5.41) is 10.2. The Kier molecular flexibility index (Phi) is 3.61. The van der Waals surface area contributed by atoms with Gasteiger partial charge in [-0.05, 0) is 42.1 Å². The van der Waals surface area contributed by atoms with Gasteiger partial charge in [0.15, 0.2) is 0 Å². The second-order valence-electron chi connectivity index (χ2n) is 7.47. The number of halogens is 1. The van der Waals surface area contributed by atoms with Crippen LogP contribution in [0.3, 0.4) is 0 Å². The molecule has 2 nitrogen and oxygen atoms in total. The maximum absolute atomic E-state index is 13.7. The maximum atomic E-state index is 13.7. The lowest BCUT2D eigenvalue weighted by Crippen LogP contribution is -2.37. The molecule has 116 valence electrons. The molecule has 3 heteroatoms. The normalized spacial score (nSPS) is 35.1. The first-order valence-electron chi connectivity index (χ1n) is 7.90. The first-order chi connectivity index (χ1) is 9.86. The van der Waals surface area contributed by atoms with Gasteiger partial charge in [-0.25, -0.2) is 4.39 Å². The van der Waals surface area contributed by atoms with Gasteiger partial charge in [-0.3, -0.25) is 0 Å². The van der Waals surface area contributed by atoms with Gasteiger partial charge >= 0.3 is 0 Å². The molecular weight excluding hydrogens is 267 g/mol. The van der Waals surface area contributed by atoms with Gasteiger partial charge in [-0.1, -0.05) is 39.0 Å². The molecule has 2 bridgehead atoms. The van der Waals surface area contributed by atoms with E-state index < -0.39 is 6.10 Å². The number of rotatable bonds is 4. The number of aliphatic hydroxyl groups excluding tert-OH is 1. The van der Waals surface area contributed by atoms with E-state index in [4.69, 9.17) is 4.74 Å². The molecule has 2 saturated carbocycles. The van der Waals surface area contributed by atoms with Crippen LogP contribution in [0.5, 0.6) is 0 Å². The number of fused-ring (bicyclic) bond motifs is 2. The van der Waals surface area contributed by atoms with Gasteiger partial charge in [-0.2, -0.15) is 0 Å². The molecule has 0 heterocycles. The zero-order chi connectivity index (χ0) is 15.3. The average Bonchev–Trinajstić information content (AvgIpc) is 2.78. The summed E-state index contributed by atoms with van der Waals surface area (Å²) in [6.07, 6.45) is 2.81. The molecule has 2 aliphatic carbocycles. The topological polar surface area (TPSA) is 29.5 Å². The third-order valence-electron chi connectivity index (χ3n) is 6.43. The highest BCUT2D eigenvalue weighted by Gasteiger charge is 2.61. The summed E-state index contributed by atoms with van der Waals surface area (Å²) in [4.78, 5) is 0. The Hall–Kier alpha value is -0.930. The largest absolute Gasteiger partial charge is 0.386 e. The molecule has 0 saturated heterocycles. The maximum Gasteiger partial charge on any atom is 0.129 e. The molecule has 0 aliphatic heterocycles.